The number of carbonyl (C=O) groups is 1. The van der Waals surface area contributed by atoms with Crippen LogP contribution in [0.1, 0.15) is 11.1 Å². The predicted molar refractivity (Wildman–Crippen MR) is 79.4 cm³/mol. The molecule has 1 amide bonds. The Hall–Kier alpha value is -2.49. The third-order valence-corrected chi connectivity index (χ3v) is 3.59. The van der Waals surface area contributed by atoms with Gasteiger partial charge in [0.05, 0.1) is 7.11 Å². The van der Waals surface area contributed by atoms with Crippen LogP contribution in [0.2, 0.25) is 0 Å². The topological polar surface area (TPSA) is 47.6 Å². The van der Waals surface area contributed by atoms with Crippen LogP contribution in [0.3, 0.4) is 0 Å². The SMILES string of the molecule is COc1ccccc1CNC(=O)[C@@H]1Cc2ccccc2O1. The Kier molecular flexibility index (Phi) is 3.77. The summed E-state index contributed by atoms with van der Waals surface area (Å²) >= 11 is 0. The molecule has 1 heterocycles. The van der Waals surface area contributed by atoms with Crippen LogP contribution in [-0.2, 0) is 17.8 Å². The molecule has 0 spiro atoms. The fourth-order valence-corrected chi connectivity index (χ4v) is 2.47. The first-order chi connectivity index (χ1) is 10.3. The summed E-state index contributed by atoms with van der Waals surface area (Å²) in [5, 5.41) is 2.91. The van der Waals surface area contributed by atoms with Gasteiger partial charge in [0.15, 0.2) is 6.10 Å². The van der Waals surface area contributed by atoms with Crippen LogP contribution >= 0.6 is 0 Å². The summed E-state index contributed by atoms with van der Waals surface area (Å²) in [6, 6.07) is 15.4. The normalized spacial score (nSPS) is 16.0. The van der Waals surface area contributed by atoms with Crippen LogP contribution in [0.25, 0.3) is 0 Å². The van der Waals surface area contributed by atoms with E-state index < -0.39 is 6.10 Å². The van der Waals surface area contributed by atoms with E-state index in [0.717, 1.165) is 22.6 Å². The van der Waals surface area contributed by atoms with Crippen molar-refractivity contribution in [3.8, 4) is 11.5 Å². The smallest absolute Gasteiger partial charge is 0.261 e. The molecule has 0 saturated carbocycles. The van der Waals surface area contributed by atoms with E-state index in [-0.39, 0.29) is 5.91 Å². The van der Waals surface area contributed by atoms with E-state index in [1.165, 1.54) is 0 Å². The van der Waals surface area contributed by atoms with Gasteiger partial charge in [-0.05, 0) is 17.7 Å². The van der Waals surface area contributed by atoms with Crippen molar-refractivity contribution < 1.29 is 14.3 Å². The van der Waals surface area contributed by atoms with Crippen molar-refractivity contribution in [1.29, 1.82) is 0 Å². The zero-order chi connectivity index (χ0) is 14.7. The van der Waals surface area contributed by atoms with Crippen molar-refractivity contribution in [3.63, 3.8) is 0 Å². The molecule has 4 nitrogen and oxygen atoms in total. The number of rotatable bonds is 4. The monoisotopic (exact) mass is 283 g/mol. The van der Waals surface area contributed by atoms with Crippen LogP contribution in [0.15, 0.2) is 48.5 Å². The lowest BCUT2D eigenvalue weighted by Crippen LogP contribution is -2.37. The summed E-state index contributed by atoms with van der Waals surface area (Å²) in [5.74, 6) is 1.47. The van der Waals surface area contributed by atoms with Crippen LogP contribution < -0.4 is 14.8 Å². The highest BCUT2D eigenvalue weighted by atomic mass is 16.5. The molecule has 0 saturated heterocycles. The minimum absolute atomic E-state index is 0.0999. The molecule has 0 radical (unpaired) electrons. The number of nitrogens with one attached hydrogen (secondary N) is 1. The number of methoxy groups -OCH3 is 1. The first-order valence-corrected chi connectivity index (χ1v) is 6.92. The second-order valence-electron chi connectivity index (χ2n) is 4.95. The maximum Gasteiger partial charge on any atom is 0.261 e. The van der Waals surface area contributed by atoms with E-state index >= 15 is 0 Å². The van der Waals surface area contributed by atoms with E-state index in [2.05, 4.69) is 5.32 Å². The number of benzene rings is 2. The van der Waals surface area contributed by atoms with Gasteiger partial charge in [0.1, 0.15) is 11.5 Å². The molecule has 4 heteroatoms. The van der Waals surface area contributed by atoms with Crippen LogP contribution in [0, 0.1) is 0 Å². The van der Waals surface area contributed by atoms with Crippen molar-refractivity contribution in [3.05, 3.63) is 59.7 Å². The van der Waals surface area contributed by atoms with E-state index in [4.69, 9.17) is 9.47 Å². The van der Waals surface area contributed by atoms with Gasteiger partial charge in [-0.15, -0.1) is 0 Å². The lowest BCUT2D eigenvalue weighted by molar-refractivity contribution is -0.127. The Morgan fingerprint density at radius 1 is 1.24 bits per heavy atom. The van der Waals surface area contributed by atoms with E-state index in [0.29, 0.717) is 13.0 Å². The van der Waals surface area contributed by atoms with Gasteiger partial charge in [0, 0.05) is 18.5 Å². The quantitative estimate of drug-likeness (QED) is 0.936. The number of fused-ring (bicyclic) bond motifs is 1. The summed E-state index contributed by atoms with van der Waals surface area (Å²) in [6.07, 6.45) is 0.172. The molecular weight excluding hydrogens is 266 g/mol. The second kappa shape index (κ2) is 5.87. The number of hydrogen-bond acceptors (Lipinski definition) is 3. The highest BCUT2D eigenvalue weighted by molar-refractivity contribution is 5.82. The van der Waals surface area contributed by atoms with Crippen molar-refractivity contribution >= 4 is 5.91 Å². The van der Waals surface area contributed by atoms with E-state index in [1.54, 1.807) is 7.11 Å². The molecular formula is C17H17NO3. The number of hydrogen-bond donors (Lipinski definition) is 1. The highest BCUT2D eigenvalue weighted by Gasteiger charge is 2.28. The zero-order valence-corrected chi connectivity index (χ0v) is 11.8. The standard InChI is InChI=1S/C17H17NO3/c1-20-14-8-4-3-7-13(14)11-18-17(19)16-10-12-6-2-5-9-15(12)21-16/h2-9,16H,10-11H2,1H3,(H,18,19)/t16-/m0/s1. The summed E-state index contributed by atoms with van der Waals surface area (Å²) < 4.78 is 10.9. The Morgan fingerprint density at radius 2 is 2.00 bits per heavy atom. The third-order valence-electron chi connectivity index (χ3n) is 3.59. The van der Waals surface area contributed by atoms with Gasteiger partial charge in [0.25, 0.3) is 5.91 Å². The molecule has 1 atom stereocenters. The minimum atomic E-state index is -0.447. The first-order valence-electron chi connectivity index (χ1n) is 6.92. The fraction of sp³-hybridized carbons (Fsp3) is 0.235. The predicted octanol–water partition coefficient (Wildman–Crippen LogP) is 2.32. The third kappa shape index (κ3) is 2.84. The Labute approximate surface area is 123 Å². The van der Waals surface area contributed by atoms with Gasteiger partial charge in [-0.2, -0.15) is 0 Å². The Bertz CT molecular complexity index is 629. The molecule has 0 fully saturated rings. The maximum atomic E-state index is 12.2. The van der Waals surface area contributed by atoms with Crippen LogP contribution in [0.4, 0.5) is 0 Å². The summed E-state index contributed by atoms with van der Waals surface area (Å²) in [6.45, 7) is 0.430. The lowest BCUT2D eigenvalue weighted by atomic mass is 10.1. The van der Waals surface area contributed by atoms with Crippen LogP contribution in [0.5, 0.6) is 11.5 Å². The largest absolute Gasteiger partial charge is 0.496 e. The first kappa shape index (κ1) is 13.5. The molecule has 3 rings (SSSR count). The van der Waals surface area contributed by atoms with Gasteiger partial charge in [0.2, 0.25) is 0 Å². The fourth-order valence-electron chi connectivity index (χ4n) is 2.47. The second-order valence-corrected chi connectivity index (χ2v) is 4.95. The molecule has 1 aliphatic rings. The van der Waals surface area contributed by atoms with Crippen LogP contribution in [-0.4, -0.2) is 19.1 Å². The number of amides is 1. The molecule has 0 bridgehead atoms. The summed E-state index contributed by atoms with van der Waals surface area (Å²) in [4.78, 5) is 12.2. The molecule has 1 N–H and O–H groups in total. The molecule has 2 aromatic rings. The molecule has 0 aliphatic carbocycles. The Morgan fingerprint density at radius 3 is 2.81 bits per heavy atom. The molecule has 21 heavy (non-hydrogen) atoms. The highest BCUT2D eigenvalue weighted by Crippen LogP contribution is 2.28. The average Bonchev–Trinajstić information content (AvgIpc) is 2.97. The van der Waals surface area contributed by atoms with Gasteiger partial charge in [-0.3, -0.25) is 4.79 Å². The number of ether oxygens (including phenoxy) is 2. The molecule has 1 aliphatic heterocycles. The van der Waals surface area contributed by atoms with Crippen molar-refractivity contribution in [2.45, 2.75) is 19.1 Å². The van der Waals surface area contributed by atoms with Gasteiger partial charge in [-0.25, -0.2) is 0 Å². The van der Waals surface area contributed by atoms with Gasteiger partial charge >= 0.3 is 0 Å². The van der Waals surface area contributed by atoms with Gasteiger partial charge < -0.3 is 14.8 Å². The molecule has 0 unspecified atom stereocenters. The van der Waals surface area contributed by atoms with Gasteiger partial charge in [-0.1, -0.05) is 36.4 Å². The van der Waals surface area contributed by atoms with E-state index in [1.807, 2.05) is 48.5 Å². The average molecular weight is 283 g/mol. The van der Waals surface area contributed by atoms with Crippen molar-refractivity contribution in [2.75, 3.05) is 7.11 Å². The summed E-state index contributed by atoms with van der Waals surface area (Å²) in [7, 11) is 1.62. The van der Waals surface area contributed by atoms with E-state index in [9.17, 15) is 4.79 Å². The van der Waals surface area contributed by atoms with Crippen molar-refractivity contribution in [1.82, 2.24) is 5.32 Å². The molecule has 0 aromatic heterocycles. The maximum absolute atomic E-state index is 12.2. The lowest BCUT2D eigenvalue weighted by Gasteiger charge is -2.13. The van der Waals surface area contributed by atoms with Crippen molar-refractivity contribution in [2.24, 2.45) is 0 Å². The molecule has 108 valence electrons. The molecule has 2 aromatic carbocycles. The minimum Gasteiger partial charge on any atom is -0.496 e. The summed E-state index contributed by atoms with van der Waals surface area (Å²) in [5.41, 5.74) is 2.03. The number of para-hydroxylation sites is 2. The Balaban J connectivity index is 1.61. The number of carbonyl (C=O) groups excluding carboxylic acids is 1. The zero-order valence-electron chi connectivity index (χ0n) is 11.8.